The number of hydrogen-bond acceptors (Lipinski definition) is 4. The van der Waals surface area contributed by atoms with Crippen LogP contribution in [-0.2, 0) is 9.53 Å². The predicted molar refractivity (Wildman–Crippen MR) is 60.8 cm³/mol. The summed E-state index contributed by atoms with van der Waals surface area (Å²) in [6, 6.07) is -0.522. The van der Waals surface area contributed by atoms with E-state index in [0.717, 1.165) is 0 Å². The van der Waals surface area contributed by atoms with Gasteiger partial charge in [-0.15, -0.1) is 0 Å². The van der Waals surface area contributed by atoms with E-state index in [1.165, 1.54) is 0 Å². The molecular weight excluding hydrogens is 208 g/mol. The first-order valence-corrected chi connectivity index (χ1v) is 5.77. The molecule has 1 amide bonds. The maximum Gasteiger partial charge on any atom is 0.237 e. The third-order valence-corrected chi connectivity index (χ3v) is 3.16. The number of ether oxygens (including phenoxy) is 1. The minimum atomic E-state index is -0.540. The number of rotatable bonds is 4. The van der Waals surface area contributed by atoms with Gasteiger partial charge in [-0.25, -0.2) is 0 Å². The number of carbonyl (C=O) groups is 1. The number of aliphatic hydroxyl groups excluding tert-OH is 1. The molecule has 1 atom stereocenters. The Kier molecular flexibility index (Phi) is 4.70. The first-order chi connectivity index (χ1) is 7.51. The lowest BCUT2D eigenvalue weighted by Gasteiger charge is -2.37. The lowest BCUT2D eigenvalue weighted by molar-refractivity contribution is -0.127. The smallest absolute Gasteiger partial charge is 0.237 e. The Morgan fingerprint density at radius 2 is 2.06 bits per heavy atom. The molecule has 1 saturated heterocycles. The standard InChI is InChI=1S/C11H22N2O3/c1-8(2)9(12)10(15)13-11(7-14)3-5-16-6-4-11/h8-9,14H,3-7,12H2,1-2H3,(H,13,15)/t9-/m1/s1. The van der Waals surface area contributed by atoms with Crippen LogP contribution in [0.5, 0.6) is 0 Å². The molecule has 94 valence electrons. The van der Waals surface area contributed by atoms with Crippen LogP contribution in [0.25, 0.3) is 0 Å². The highest BCUT2D eigenvalue weighted by Gasteiger charge is 2.35. The highest BCUT2D eigenvalue weighted by molar-refractivity contribution is 5.82. The van der Waals surface area contributed by atoms with Crippen LogP contribution in [0.15, 0.2) is 0 Å². The van der Waals surface area contributed by atoms with Gasteiger partial charge < -0.3 is 20.9 Å². The van der Waals surface area contributed by atoms with Crippen molar-refractivity contribution in [3.63, 3.8) is 0 Å². The monoisotopic (exact) mass is 230 g/mol. The first kappa shape index (κ1) is 13.4. The Morgan fingerprint density at radius 3 is 2.50 bits per heavy atom. The highest BCUT2D eigenvalue weighted by Crippen LogP contribution is 2.20. The summed E-state index contributed by atoms with van der Waals surface area (Å²) in [4.78, 5) is 11.8. The number of hydrogen-bond donors (Lipinski definition) is 3. The second kappa shape index (κ2) is 5.61. The van der Waals surface area contributed by atoms with Crippen molar-refractivity contribution < 1.29 is 14.6 Å². The number of aliphatic hydroxyl groups is 1. The molecule has 0 spiro atoms. The van der Waals surface area contributed by atoms with Crippen molar-refractivity contribution in [3.8, 4) is 0 Å². The Balaban J connectivity index is 2.58. The fourth-order valence-corrected chi connectivity index (χ4v) is 1.73. The van der Waals surface area contributed by atoms with Crippen molar-refractivity contribution in [2.24, 2.45) is 11.7 Å². The summed E-state index contributed by atoms with van der Waals surface area (Å²) in [7, 11) is 0. The molecule has 0 bridgehead atoms. The van der Waals surface area contributed by atoms with Crippen LogP contribution in [0.3, 0.4) is 0 Å². The van der Waals surface area contributed by atoms with Crippen LogP contribution in [0.2, 0.25) is 0 Å². The molecule has 4 N–H and O–H groups in total. The maximum atomic E-state index is 11.8. The largest absolute Gasteiger partial charge is 0.394 e. The summed E-state index contributed by atoms with van der Waals surface area (Å²) in [5, 5.41) is 12.3. The lowest BCUT2D eigenvalue weighted by atomic mass is 9.90. The minimum absolute atomic E-state index is 0.0626. The summed E-state index contributed by atoms with van der Waals surface area (Å²) < 4.78 is 5.22. The van der Waals surface area contributed by atoms with Crippen molar-refractivity contribution >= 4 is 5.91 Å². The third-order valence-electron chi connectivity index (χ3n) is 3.16. The average molecular weight is 230 g/mol. The number of nitrogens with one attached hydrogen (secondary N) is 1. The van der Waals surface area contributed by atoms with Crippen molar-refractivity contribution in [1.82, 2.24) is 5.32 Å². The molecule has 0 unspecified atom stereocenters. The van der Waals surface area contributed by atoms with Gasteiger partial charge in [0.1, 0.15) is 0 Å². The molecule has 0 aromatic carbocycles. The van der Waals surface area contributed by atoms with E-state index in [0.29, 0.717) is 26.1 Å². The Bertz CT molecular complexity index is 237. The van der Waals surface area contributed by atoms with Gasteiger partial charge in [0, 0.05) is 13.2 Å². The second-order valence-electron chi connectivity index (χ2n) is 4.81. The zero-order chi connectivity index (χ0) is 12.2. The summed E-state index contributed by atoms with van der Waals surface area (Å²) >= 11 is 0. The van der Waals surface area contributed by atoms with E-state index in [9.17, 15) is 9.90 Å². The van der Waals surface area contributed by atoms with E-state index in [1.807, 2.05) is 13.8 Å². The number of carbonyl (C=O) groups excluding carboxylic acids is 1. The zero-order valence-corrected chi connectivity index (χ0v) is 10.0. The van der Waals surface area contributed by atoms with Crippen LogP contribution < -0.4 is 11.1 Å². The average Bonchev–Trinajstić information content (AvgIpc) is 2.29. The van der Waals surface area contributed by atoms with Crippen molar-refractivity contribution in [2.75, 3.05) is 19.8 Å². The number of nitrogens with two attached hydrogens (primary N) is 1. The highest BCUT2D eigenvalue weighted by atomic mass is 16.5. The van der Waals surface area contributed by atoms with Crippen LogP contribution in [0.4, 0.5) is 0 Å². The number of amides is 1. The Morgan fingerprint density at radius 1 is 1.50 bits per heavy atom. The molecular formula is C11H22N2O3. The molecule has 0 aromatic heterocycles. The fraction of sp³-hybridized carbons (Fsp3) is 0.909. The predicted octanol–water partition coefficient (Wildman–Crippen LogP) is -0.373. The molecule has 1 fully saturated rings. The van der Waals surface area contributed by atoms with Crippen molar-refractivity contribution in [3.05, 3.63) is 0 Å². The van der Waals surface area contributed by atoms with E-state index in [-0.39, 0.29) is 18.4 Å². The molecule has 5 heteroatoms. The van der Waals surface area contributed by atoms with Gasteiger partial charge in [0.2, 0.25) is 5.91 Å². The molecule has 0 aliphatic carbocycles. The summed E-state index contributed by atoms with van der Waals surface area (Å²) in [5.41, 5.74) is 5.23. The van der Waals surface area contributed by atoms with E-state index in [4.69, 9.17) is 10.5 Å². The Labute approximate surface area is 96.3 Å². The van der Waals surface area contributed by atoms with Crippen LogP contribution in [0, 0.1) is 5.92 Å². The maximum absolute atomic E-state index is 11.8. The van der Waals surface area contributed by atoms with Gasteiger partial charge in [0.05, 0.1) is 18.2 Å². The van der Waals surface area contributed by atoms with Crippen molar-refractivity contribution in [1.29, 1.82) is 0 Å². The van der Waals surface area contributed by atoms with E-state index in [1.54, 1.807) is 0 Å². The van der Waals surface area contributed by atoms with Gasteiger partial charge in [-0.1, -0.05) is 13.8 Å². The van der Waals surface area contributed by atoms with E-state index in [2.05, 4.69) is 5.32 Å². The molecule has 0 aromatic rings. The van der Waals surface area contributed by atoms with Crippen LogP contribution >= 0.6 is 0 Å². The SMILES string of the molecule is CC(C)[C@@H](N)C(=O)NC1(CO)CCOCC1. The normalized spacial score (nSPS) is 21.8. The van der Waals surface area contributed by atoms with Crippen LogP contribution in [0.1, 0.15) is 26.7 Å². The van der Waals surface area contributed by atoms with Gasteiger partial charge in [-0.05, 0) is 18.8 Å². The molecule has 0 radical (unpaired) electrons. The molecule has 5 nitrogen and oxygen atoms in total. The molecule has 1 heterocycles. The molecule has 16 heavy (non-hydrogen) atoms. The summed E-state index contributed by atoms with van der Waals surface area (Å²) in [6.07, 6.45) is 1.28. The van der Waals surface area contributed by atoms with Gasteiger partial charge in [0.15, 0.2) is 0 Å². The van der Waals surface area contributed by atoms with Gasteiger partial charge in [-0.3, -0.25) is 4.79 Å². The molecule has 1 aliphatic heterocycles. The van der Waals surface area contributed by atoms with Gasteiger partial charge in [-0.2, -0.15) is 0 Å². The second-order valence-corrected chi connectivity index (χ2v) is 4.81. The van der Waals surface area contributed by atoms with E-state index < -0.39 is 11.6 Å². The molecule has 1 rings (SSSR count). The summed E-state index contributed by atoms with van der Waals surface area (Å²) in [5.74, 6) is -0.0958. The van der Waals surface area contributed by atoms with Gasteiger partial charge in [0.25, 0.3) is 0 Å². The fourth-order valence-electron chi connectivity index (χ4n) is 1.73. The topological polar surface area (TPSA) is 84.6 Å². The summed E-state index contributed by atoms with van der Waals surface area (Å²) in [6.45, 7) is 4.88. The Hall–Kier alpha value is -0.650. The van der Waals surface area contributed by atoms with E-state index >= 15 is 0 Å². The molecule has 1 aliphatic rings. The van der Waals surface area contributed by atoms with Crippen LogP contribution in [-0.4, -0.2) is 42.4 Å². The minimum Gasteiger partial charge on any atom is -0.394 e. The zero-order valence-electron chi connectivity index (χ0n) is 10.0. The quantitative estimate of drug-likeness (QED) is 0.615. The first-order valence-electron chi connectivity index (χ1n) is 5.77. The lowest BCUT2D eigenvalue weighted by Crippen LogP contribution is -2.59. The third kappa shape index (κ3) is 3.17. The van der Waals surface area contributed by atoms with Gasteiger partial charge >= 0.3 is 0 Å². The molecule has 0 saturated carbocycles. The van der Waals surface area contributed by atoms with Crippen molar-refractivity contribution in [2.45, 2.75) is 38.3 Å².